The number of halogens is 1. The van der Waals surface area contributed by atoms with E-state index in [2.05, 4.69) is 15.3 Å². The van der Waals surface area contributed by atoms with Gasteiger partial charge >= 0.3 is 0 Å². The van der Waals surface area contributed by atoms with E-state index in [1.54, 1.807) is 24.5 Å². The zero-order valence-electron chi connectivity index (χ0n) is 11.7. The van der Waals surface area contributed by atoms with Gasteiger partial charge in [0.05, 0.1) is 10.6 Å². The van der Waals surface area contributed by atoms with Crippen LogP contribution in [0, 0.1) is 6.92 Å². The third-order valence-electron chi connectivity index (χ3n) is 3.01. The topological polar surface area (TPSA) is 54.4 Å². The molecule has 0 saturated carbocycles. The molecule has 0 bridgehead atoms. The average Bonchev–Trinajstić information content (AvgIpc) is 2.84. The molecule has 1 aliphatic heterocycles. The molecule has 110 valence electrons. The number of carbonyl (C=O) groups excluding carboxylic acids is 1. The lowest BCUT2D eigenvalue weighted by atomic mass is 10.2. The van der Waals surface area contributed by atoms with Crippen molar-refractivity contribution in [1.29, 1.82) is 0 Å². The summed E-state index contributed by atoms with van der Waals surface area (Å²) in [5.74, 6) is -0.154. The molecule has 2 heterocycles. The van der Waals surface area contributed by atoms with E-state index in [1.807, 2.05) is 31.2 Å². The minimum Gasteiger partial charge on any atom is -0.300 e. The molecule has 1 aromatic carbocycles. The highest BCUT2D eigenvalue weighted by Crippen LogP contribution is 2.29. The zero-order chi connectivity index (χ0) is 15.5. The third-order valence-corrected chi connectivity index (χ3v) is 4.34. The number of aliphatic imine (C=N–C) groups is 1. The molecule has 0 unspecified atom stereocenters. The Morgan fingerprint density at radius 1 is 1.36 bits per heavy atom. The van der Waals surface area contributed by atoms with Crippen molar-refractivity contribution in [3.05, 3.63) is 63.8 Å². The number of aryl methyl sites for hydroxylation is 1. The molecular formula is C16H12ClN3OS. The van der Waals surface area contributed by atoms with Crippen molar-refractivity contribution in [2.75, 3.05) is 0 Å². The second-order valence-corrected chi connectivity index (χ2v) is 6.14. The summed E-state index contributed by atoms with van der Waals surface area (Å²) in [6.45, 7) is 1.92. The fraction of sp³-hybridized carbons (Fsp3) is 0.0625. The number of nitrogens with one attached hydrogen (secondary N) is 1. The van der Waals surface area contributed by atoms with E-state index < -0.39 is 0 Å². The van der Waals surface area contributed by atoms with Gasteiger partial charge in [-0.2, -0.15) is 0 Å². The van der Waals surface area contributed by atoms with Crippen molar-refractivity contribution in [3.8, 4) is 0 Å². The van der Waals surface area contributed by atoms with Gasteiger partial charge in [-0.05, 0) is 60.2 Å². The maximum Gasteiger partial charge on any atom is 0.264 e. The number of hydrogen-bond donors (Lipinski definition) is 1. The first kappa shape index (κ1) is 14.8. The molecule has 1 N–H and O–H groups in total. The first-order valence-electron chi connectivity index (χ1n) is 6.57. The van der Waals surface area contributed by atoms with E-state index in [-0.39, 0.29) is 5.91 Å². The molecule has 22 heavy (non-hydrogen) atoms. The van der Waals surface area contributed by atoms with Crippen LogP contribution in [0.25, 0.3) is 6.08 Å². The summed E-state index contributed by atoms with van der Waals surface area (Å²) in [5.41, 5.74) is 2.58. The Balaban J connectivity index is 1.83. The summed E-state index contributed by atoms with van der Waals surface area (Å²) in [7, 11) is 0. The van der Waals surface area contributed by atoms with Gasteiger partial charge in [0.2, 0.25) is 0 Å². The molecule has 4 nitrogen and oxygen atoms in total. The Morgan fingerprint density at radius 2 is 2.23 bits per heavy atom. The van der Waals surface area contributed by atoms with Crippen LogP contribution in [-0.4, -0.2) is 16.1 Å². The molecule has 3 rings (SSSR count). The van der Waals surface area contributed by atoms with Crippen LogP contribution in [0.2, 0.25) is 5.02 Å². The number of thioether (sulfide) groups is 1. The quantitative estimate of drug-likeness (QED) is 0.849. The van der Waals surface area contributed by atoms with Crippen LogP contribution in [0.15, 0.2) is 52.6 Å². The monoisotopic (exact) mass is 329 g/mol. The van der Waals surface area contributed by atoms with E-state index in [1.165, 1.54) is 11.8 Å². The van der Waals surface area contributed by atoms with Gasteiger partial charge in [0.1, 0.15) is 0 Å². The average molecular weight is 330 g/mol. The highest BCUT2D eigenvalue weighted by atomic mass is 35.5. The molecular weight excluding hydrogens is 318 g/mol. The van der Waals surface area contributed by atoms with Crippen LogP contribution in [0.5, 0.6) is 0 Å². The van der Waals surface area contributed by atoms with Crippen molar-refractivity contribution < 1.29 is 4.79 Å². The van der Waals surface area contributed by atoms with Crippen molar-refractivity contribution in [3.63, 3.8) is 0 Å². The van der Waals surface area contributed by atoms with E-state index in [0.29, 0.717) is 15.1 Å². The Hall–Kier alpha value is -2.11. The Kier molecular flexibility index (Phi) is 4.27. The van der Waals surface area contributed by atoms with E-state index in [0.717, 1.165) is 16.8 Å². The summed E-state index contributed by atoms with van der Waals surface area (Å²) >= 11 is 7.30. The van der Waals surface area contributed by atoms with Crippen molar-refractivity contribution >= 4 is 46.2 Å². The molecule has 0 atom stereocenters. The molecule has 2 aromatic rings. The van der Waals surface area contributed by atoms with Crippen molar-refractivity contribution in [2.45, 2.75) is 6.92 Å². The van der Waals surface area contributed by atoms with Crippen LogP contribution in [0.1, 0.15) is 11.1 Å². The first-order valence-corrected chi connectivity index (χ1v) is 7.77. The molecule has 6 heteroatoms. The van der Waals surface area contributed by atoms with Crippen molar-refractivity contribution in [2.24, 2.45) is 4.99 Å². The molecule has 0 aliphatic carbocycles. The zero-order valence-corrected chi connectivity index (χ0v) is 13.3. The van der Waals surface area contributed by atoms with E-state index in [4.69, 9.17) is 11.6 Å². The SMILES string of the molecule is Cc1cc(N=C2NC(=O)/C(=C/c3cccnc3)S2)ccc1Cl. The Labute approximate surface area is 137 Å². The highest BCUT2D eigenvalue weighted by Gasteiger charge is 2.23. The minimum absolute atomic E-state index is 0.154. The number of hydrogen-bond acceptors (Lipinski definition) is 4. The lowest BCUT2D eigenvalue weighted by Gasteiger charge is -2.00. The predicted molar refractivity (Wildman–Crippen MR) is 91.2 cm³/mol. The Bertz CT molecular complexity index is 787. The van der Waals surface area contributed by atoms with Gasteiger partial charge in [0, 0.05) is 17.4 Å². The molecule has 1 aliphatic rings. The molecule has 1 amide bonds. The summed E-state index contributed by atoms with van der Waals surface area (Å²) in [5, 5.41) is 4.01. The van der Waals surface area contributed by atoms with E-state index >= 15 is 0 Å². The van der Waals surface area contributed by atoms with Gasteiger partial charge in [-0.15, -0.1) is 0 Å². The summed E-state index contributed by atoms with van der Waals surface area (Å²) in [6, 6.07) is 9.22. The molecule has 1 aromatic heterocycles. The van der Waals surface area contributed by atoms with Gasteiger partial charge in [-0.25, -0.2) is 4.99 Å². The minimum atomic E-state index is -0.154. The van der Waals surface area contributed by atoms with Crippen molar-refractivity contribution in [1.82, 2.24) is 10.3 Å². The van der Waals surface area contributed by atoms with Gasteiger partial charge in [-0.1, -0.05) is 17.7 Å². The summed E-state index contributed by atoms with van der Waals surface area (Å²) < 4.78 is 0. The number of benzene rings is 1. The largest absolute Gasteiger partial charge is 0.300 e. The second-order valence-electron chi connectivity index (χ2n) is 4.70. The molecule has 1 saturated heterocycles. The van der Waals surface area contributed by atoms with Crippen LogP contribution in [0.4, 0.5) is 5.69 Å². The first-order chi connectivity index (χ1) is 10.6. The Morgan fingerprint density at radius 3 is 2.95 bits per heavy atom. The van der Waals surface area contributed by atoms with Crippen LogP contribution < -0.4 is 5.32 Å². The second kappa shape index (κ2) is 6.34. The molecule has 1 fully saturated rings. The highest BCUT2D eigenvalue weighted by molar-refractivity contribution is 8.18. The normalized spacial score (nSPS) is 18.0. The number of carbonyl (C=O) groups is 1. The van der Waals surface area contributed by atoms with Crippen LogP contribution in [-0.2, 0) is 4.79 Å². The number of pyridine rings is 1. The predicted octanol–water partition coefficient (Wildman–Crippen LogP) is 3.94. The van der Waals surface area contributed by atoms with Gasteiger partial charge < -0.3 is 5.32 Å². The standard InChI is InChI=1S/C16H12ClN3OS/c1-10-7-12(4-5-13(10)17)19-16-20-15(21)14(22-16)8-11-3-2-6-18-9-11/h2-9H,1H3,(H,19,20,21)/b14-8-. The number of aromatic nitrogens is 1. The fourth-order valence-electron chi connectivity index (χ4n) is 1.91. The van der Waals surface area contributed by atoms with Crippen LogP contribution >= 0.6 is 23.4 Å². The number of rotatable bonds is 2. The fourth-order valence-corrected chi connectivity index (χ4v) is 2.87. The number of nitrogens with zero attached hydrogens (tertiary/aromatic N) is 2. The number of amidine groups is 1. The molecule has 0 spiro atoms. The maximum atomic E-state index is 12.0. The summed E-state index contributed by atoms with van der Waals surface area (Å²) in [6.07, 6.45) is 5.20. The van der Waals surface area contributed by atoms with Gasteiger partial charge in [0.25, 0.3) is 5.91 Å². The maximum absolute atomic E-state index is 12.0. The molecule has 0 radical (unpaired) electrons. The van der Waals surface area contributed by atoms with Gasteiger partial charge in [0.15, 0.2) is 5.17 Å². The van der Waals surface area contributed by atoms with E-state index in [9.17, 15) is 4.79 Å². The lowest BCUT2D eigenvalue weighted by Crippen LogP contribution is -2.19. The van der Waals surface area contributed by atoms with Gasteiger partial charge in [-0.3, -0.25) is 9.78 Å². The third kappa shape index (κ3) is 3.37. The smallest absolute Gasteiger partial charge is 0.264 e. The lowest BCUT2D eigenvalue weighted by molar-refractivity contribution is -0.115. The number of amides is 1. The summed E-state index contributed by atoms with van der Waals surface area (Å²) in [4.78, 5) is 21.0. The van der Waals surface area contributed by atoms with Crippen LogP contribution in [0.3, 0.4) is 0 Å².